The van der Waals surface area contributed by atoms with Gasteiger partial charge >= 0.3 is 0 Å². The van der Waals surface area contributed by atoms with Crippen LogP contribution in [0.1, 0.15) is 52.4 Å². The van der Waals surface area contributed by atoms with Crippen LogP contribution in [0.15, 0.2) is 0 Å². The van der Waals surface area contributed by atoms with Gasteiger partial charge in [-0.1, -0.05) is 6.42 Å². The largest absolute Gasteiger partial charge is 0.366 e. The number of hydrogen-bond donors (Lipinski definition) is 2. The molecule has 88 valence electrons. The van der Waals surface area contributed by atoms with Gasteiger partial charge in [-0.05, 0) is 26.7 Å². The summed E-state index contributed by atoms with van der Waals surface area (Å²) >= 11 is 0. The second-order valence-electron chi connectivity index (χ2n) is 4.12. The minimum absolute atomic E-state index is 0.0625. The van der Waals surface area contributed by atoms with Gasteiger partial charge < -0.3 is 10.2 Å². The van der Waals surface area contributed by atoms with Crippen molar-refractivity contribution in [2.45, 2.75) is 58.2 Å². The summed E-state index contributed by atoms with van der Waals surface area (Å²) in [5.74, 6) is -1.45. The first-order chi connectivity index (χ1) is 6.83. The molecule has 0 heterocycles. The fourth-order valence-corrected chi connectivity index (χ4v) is 1.47. The van der Waals surface area contributed by atoms with E-state index in [1.54, 1.807) is 0 Å². The maximum absolute atomic E-state index is 10.0. The zero-order chi connectivity index (χ0) is 11.9. The van der Waals surface area contributed by atoms with E-state index in [4.69, 9.17) is 10.2 Å². The Hall–Kier alpha value is -0.740. The lowest BCUT2D eigenvalue weighted by molar-refractivity contribution is -0.180. The number of hydrogen-bond acceptors (Lipinski definition) is 4. The van der Waals surface area contributed by atoms with Gasteiger partial charge in [-0.3, -0.25) is 9.59 Å². The Balaban J connectivity index is 0.000000265. The van der Waals surface area contributed by atoms with Gasteiger partial charge in [0.15, 0.2) is 5.79 Å². The molecular weight excluding hydrogens is 196 g/mol. The third-order valence-electron chi connectivity index (χ3n) is 2.15. The number of rotatable bonds is 2. The highest BCUT2D eigenvalue weighted by Crippen LogP contribution is 2.24. The normalized spacial score (nSPS) is 18.7. The predicted molar refractivity (Wildman–Crippen MR) is 56.2 cm³/mol. The fourth-order valence-electron chi connectivity index (χ4n) is 1.47. The number of carbonyl (C=O) groups excluding carboxylic acids is 2. The maximum Gasteiger partial charge on any atom is 0.162 e. The van der Waals surface area contributed by atoms with Gasteiger partial charge in [-0.2, -0.15) is 0 Å². The highest BCUT2D eigenvalue weighted by molar-refractivity contribution is 5.96. The van der Waals surface area contributed by atoms with E-state index in [-0.39, 0.29) is 18.0 Å². The minimum atomic E-state index is -1.32. The van der Waals surface area contributed by atoms with E-state index in [1.165, 1.54) is 13.8 Å². The third kappa shape index (κ3) is 9.56. The van der Waals surface area contributed by atoms with Crippen LogP contribution in [0.5, 0.6) is 0 Å². The van der Waals surface area contributed by atoms with Gasteiger partial charge in [-0.15, -0.1) is 0 Å². The van der Waals surface area contributed by atoms with Crippen molar-refractivity contribution in [1.82, 2.24) is 0 Å². The minimum Gasteiger partial charge on any atom is -0.366 e. The van der Waals surface area contributed by atoms with Crippen molar-refractivity contribution in [2.75, 3.05) is 0 Å². The molecule has 1 aliphatic rings. The first kappa shape index (κ1) is 14.3. The Morgan fingerprint density at radius 3 is 1.53 bits per heavy atom. The van der Waals surface area contributed by atoms with Gasteiger partial charge in [0.05, 0.1) is 6.42 Å². The van der Waals surface area contributed by atoms with E-state index in [9.17, 15) is 9.59 Å². The molecule has 0 unspecified atom stereocenters. The molecule has 0 spiro atoms. The quantitative estimate of drug-likeness (QED) is 0.537. The van der Waals surface area contributed by atoms with Gasteiger partial charge in [0.1, 0.15) is 11.6 Å². The summed E-state index contributed by atoms with van der Waals surface area (Å²) in [5.41, 5.74) is 0. The first-order valence-electron chi connectivity index (χ1n) is 5.27. The van der Waals surface area contributed by atoms with Crippen molar-refractivity contribution in [2.24, 2.45) is 0 Å². The molecule has 0 radical (unpaired) electrons. The van der Waals surface area contributed by atoms with E-state index in [0.29, 0.717) is 12.8 Å². The van der Waals surface area contributed by atoms with Crippen LogP contribution in [-0.2, 0) is 9.59 Å². The van der Waals surface area contributed by atoms with Crippen LogP contribution in [0.4, 0.5) is 0 Å². The van der Waals surface area contributed by atoms with Crippen LogP contribution in [0.25, 0.3) is 0 Å². The zero-order valence-corrected chi connectivity index (χ0v) is 9.45. The van der Waals surface area contributed by atoms with Crippen LogP contribution >= 0.6 is 0 Å². The van der Waals surface area contributed by atoms with Crippen molar-refractivity contribution in [3.63, 3.8) is 0 Å². The summed E-state index contributed by atoms with van der Waals surface area (Å²) in [6, 6.07) is 0. The molecule has 1 saturated carbocycles. The van der Waals surface area contributed by atoms with Gasteiger partial charge in [-0.25, -0.2) is 0 Å². The highest BCUT2D eigenvalue weighted by atomic mass is 16.5. The zero-order valence-electron chi connectivity index (χ0n) is 9.45. The molecule has 0 bridgehead atoms. The Labute approximate surface area is 90.3 Å². The number of Topliss-reactive ketones (excluding diaryl/α,β-unsaturated/α-hetero) is 2. The van der Waals surface area contributed by atoms with Crippen molar-refractivity contribution in [1.29, 1.82) is 0 Å². The van der Waals surface area contributed by atoms with E-state index < -0.39 is 5.79 Å². The van der Waals surface area contributed by atoms with Gasteiger partial charge in [0, 0.05) is 12.8 Å². The second kappa shape index (κ2) is 6.69. The maximum atomic E-state index is 10.0. The molecule has 0 aromatic heterocycles. The fraction of sp³-hybridized carbons (Fsp3) is 0.818. The van der Waals surface area contributed by atoms with Crippen LogP contribution in [0.2, 0.25) is 0 Å². The number of carbonyl (C=O) groups is 2. The number of ketones is 2. The van der Waals surface area contributed by atoms with Crippen LogP contribution in [0.3, 0.4) is 0 Å². The lowest BCUT2D eigenvalue weighted by Gasteiger charge is -2.25. The molecule has 1 fully saturated rings. The first-order valence-corrected chi connectivity index (χ1v) is 5.27. The van der Waals surface area contributed by atoms with Gasteiger partial charge in [0.25, 0.3) is 0 Å². The van der Waals surface area contributed by atoms with Crippen molar-refractivity contribution in [3.05, 3.63) is 0 Å². The lowest BCUT2D eigenvalue weighted by Crippen LogP contribution is -2.30. The summed E-state index contributed by atoms with van der Waals surface area (Å²) in [6.07, 6.45) is 4.29. The molecule has 0 aliphatic heterocycles. The monoisotopic (exact) mass is 216 g/mol. The van der Waals surface area contributed by atoms with Crippen molar-refractivity contribution >= 4 is 11.6 Å². The Bertz CT molecular complexity index is 201. The Kier molecular flexibility index (Phi) is 6.36. The molecule has 2 N–H and O–H groups in total. The Morgan fingerprint density at radius 1 is 1.00 bits per heavy atom. The van der Waals surface area contributed by atoms with E-state index in [1.807, 2.05) is 0 Å². The standard InChI is InChI=1S/C6H12O2.C5H8O2/c7-6(8)4-2-1-3-5-6;1-4(6)3-5(2)7/h7-8H,1-5H2;3H2,1-2H3. The highest BCUT2D eigenvalue weighted by Gasteiger charge is 2.24. The SMILES string of the molecule is CC(=O)CC(C)=O.OC1(O)CCCCC1. The van der Waals surface area contributed by atoms with Crippen LogP contribution in [-0.4, -0.2) is 27.6 Å². The van der Waals surface area contributed by atoms with Crippen LogP contribution < -0.4 is 0 Å². The molecular formula is C11H20O4. The molecule has 0 aromatic rings. The van der Waals surface area contributed by atoms with E-state index >= 15 is 0 Å². The molecule has 0 aromatic carbocycles. The van der Waals surface area contributed by atoms with E-state index in [2.05, 4.69) is 0 Å². The van der Waals surface area contributed by atoms with Crippen LogP contribution in [0, 0.1) is 0 Å². The third-order valence-corrected chi connectivity index (χ3v) is 2.15. The predicted octanol–water partition coefficient (Wildman–Crippen LogP) is 1.19. The summed E-state index contributed by atoms with van der Waals surface area (Å²) in [5, 5.41) is 17.9. The molecule has 1 aliphatic carbocycles. The smallest absolute Gasteiger partial charge is 0.162 e. The molecule has 1 rings (SSSR count). The summed E-state index contributed by atoms with van der Waals surface area (Å²) in [6.45, 7) is 2.81. The molecule has 0 amide bonds. The average Bonchev–Trinajstić information content (AvgIpc) is 2.01. The second-order valence-corrected chi connectivity index (χ2v) is 4.12. The van der Waals surface area contributed by atoms with Gasteiger partial charge in [0.2, 0.25) is 0 Å². The molecule has 15 heavy (non-hydrogen) atoms. The Morgan fingerprint density at radius 2 is 1.40 bits per heavy atom. The number of aliphatic hydroxyl groups is 2. The molecule has 0 atom stereocenters. The summed E-state index contributed by atoms with van der Waals surface area (Å²) in [7, 11) is 0. The molecule has 4 nitrogen and oxygen atoms in total. The topological polar surface area (TPSA) is 74.6 Å². The summed E-state index contributed by atoms with van der Waals surface area (Å²) < 4.78 is 0. The average molecular weight is 216 g/mol. The van der Waals surface area contributed by atoms with Crippen molar-refractivity contribution < 1.29 is 19.8 Å². The molecule has 0 saturated heterocycles. The lowest BCUT2D eigenvalue weighted by atomic mass is 9.95. The van der Waals surface area contributed by atoms with Crippen molar-refractivity contribution in [3.8, 4) is 0 Å². The molecule has 4 heteroatoms. The summed E-state index contributed by atoms with van der Waals surface area (Å²) in [4.78, 5) is 20.1. The van der Waals surface area contributed by atoms with E-state index in [0.717, 1.165) is 19.3 Å².